The van der Waals surface area contributed by atoms with Crippen molar-refractivity contribution < 1.29 is 13.2 Å². The molecule has 28 heavy (non-hydrogen) atoms. The van der Waals surface area contributed by atoms with E-state index in [-0.39, 0.29) is 10.8 Å². The molecule has 3 rings (SSSR count). The minimum Gasteiger partial charge on any atom is -0.325 e. The zero-order valence-electron chi connectivity index (χ0n) is 14.6. The van der Waals surface area contributed by atoms with E-state index in [0.29, 0.717) is 21.7 Å². The molecule has 0 aliphatic heterocycles. The largest absolute Gasteiger partial charge is 0.325 e. The van der Waals surface area contributed by atoms with Crippen LogP contribution < -0.4 is 10.5 Å². The molecule has 0 aliphatic rings. The Labute approximate surface area is 170 Å². The van der Waals surface area contributed by atoms with Crippen LogP contribution in [0.1, 0.15) is 6.92 Å². The number of primary sulfonamides is 1. The maximum atomic E-state index is 12.4. The van der Waals surface area contributed by atoms with Gasteiger partial charge in [0.25, 0.3) is 0 Å². The van der Waals surface area contributed by atoms with Gasteiger partial charge in [-0.3, -0.25) is 9.89 Å². The number of aromatic nitrogens is 3. The Kier molecular flexibility index (Phi) is 6.04. The SMILES string of the molecule is CC(Sc1n[nH]c(-c2ccc(Cl)cc2)n1)C(=O)Nc1ccc(S(N)(=O)=O)cc1. The summed E-state index contributed by atoms with van der Waals surface area (Å²) in [4.78, 5) is 16.7. The number of amides is 1. The smallest absolute Gasteiger partial charge is 0.238 e. The summed E-state index contributed by atoms with van der Waals surface area (Å²) in [6.45, 7) is 1.72. The molecule has 1 unspecified atom stereocenters. The summed E-state index contributed by atoms with van der Waals surface area (Å²) >= 11 is 7.06. The fraction of sp³-hybridized carbons (Fsp3) is 0.118. The summed E-state index contributed by atoms with van der Waals surface area (Å²) in [5, 5.41) is 15.3. The van der Waals surface area contributed by atoms with Gasteiger partial charge >= 0.3 is 0 Å². The lowest BCUT2D eigenvalue weighted by molar-refractivity contribution is -0.115. The van der Waals surface area contributed by atoms with E-state index in [1.54, 1.807) is 19.1 Å². The lowest BCUT2D eigenvalue weighted by atomic mass is 10.2. The van der Waals surface area contributed by atoms with Crippen molar-refractivity contribution in [2.45, 2.75) is 22.2 Å². The number of carbonyl (C=O) groups excluding carboxylic acids is 1. The topological polar surface area (TPSA) is 131 Å². The van der Waals surface area contributed by atoms with E-state index in [2.05, 4.69) is 20.5 Å². The molecule has 4 N–H and O–H groups in total. The van der Waals surface area contributed by atoms with Crippen LogP contribution in [0.5, 0.6) is 0 Å². The van der Waals surface area contributed by atoms with Gasteiger partial charge in [-0.2, -0.15) is 0 Å². The van der Waals surface area contributed by atoms with E-state index in [1.165, 1.54) is 36.0 Å². The third-order valence-corrected chi connectivity index (χ3v) is 5.83. The van der Waals surface area contributed by atoms with Crippen molar-refractivity contribution in [1.82, 2.24) is 15.2 Å². The molecule has 0 aliphatic carbocycles. The Balaban J connectivity index is 1.62. The molecular weight excluding hydrogens is 422 g/mol. The number of aromatic amines is 1. The van der Waals surface area contributed by atoms with Crippen molar-refractivity contribution in [2.75, 3.05) is 5.32 Å². The molecule has 0 radical (unpaired) electrons. The Morgan fingerprint density at radius 2 is 1.82 bits per heavy atom. The Morgan fingerprint density at radius 1 is 1.18 bits per heavy atom. The lowest BCUT2D eigenvalue weighted by Crippen LogP contribution is -2.22. The van der Waals surface area contributed by atoms with Crippen LogP contribution in [0.2, 0.25) is 5.02 Å². The molecule has 0 saturated carbocycles. The monoisotopic (exact) mass is 437 g/mol. The zero-order valence-corrected chi connectivity index (χ0v) is 17.0. The fourth-order valence-corrected chi connectivity index (χ4v) is 3.59. The number of hydrogen-bond acceptors (Lipinski definition) is 6. The van der Waals surface area contributed by atoms with Crippen LogP contribution in [0.15, 0.2) is 58.6 Å². The number of rotatable bonds is 6. The first kappa shape index (κ1) is 20.3. The number of benzene rings is 2. The van der Waals surface area contributed by atoms with Crippen molar-refractivity contribution in [3.05, 3.63) is 53.6 Å². The minimum absolute atomic E-state index is 0.0247. The van der Waals surface area contributed by atoms with Crippen LogP contribution in [-0.4, -0.2) is 34.8 Å². The van der Waals surface area contributed by atoms with Gasteiger partial charge in [0.05, 0.1) is 10.1 Å². The van der Waals surface area contributed by atoms with Crippen molar-refractivity contribution >= 4 is 45.0 Å². The molecule has 0 saturated heterocycles. The molecule has 1 aromatic heterocycles. The number of thioether (sulfide) groups is 1. The van der Waals surface area contributed by atoms with Gasteiger partial charge in [0, 0.05) is 16.3 Å². The van der Waals surface area contributed by atoms with Gasteiger partial charge in [-0.25, -0.2) is 18.5 Å². The van der Waals surface area contributed by atoms with Gasteiger partial charge in [0.2, 0.25) is 21.1 Å². The molecule has 1 atom stereocenters. The number of nitrogens with one attached hydrogen (secondary N) is 2. The highest BCUT2D eigenvalue weighted by atomic mass is 35.5. The number of nitrogens with two attached hydrogens (primary N) is 1. The van der Waals surface area contributed by atoms with Crippen molar-refractivity contribution in [3.8, 4) is 11.4 Å². The number of sulfonamides is 1. The van der Waals surface area contributed by atoms with Gasteiger partial charge in [-0.05, 0) is 55.5 Å². The van der Waals surface area contributed by atoms with Crippen molar-refractivity contribution in [3.63, 3.8) is 0 Å². The third kappa shape index (κ3) is 5.10. The zero-order chi connectivity index (χ0) is 20.3. The van der Waals surface area contributed by atoms with Gasteiger partial charge in [0.1, 0.15) is 0 Å². The van der Waals surface area contributed by atoms with Gasteiger partial charge in [-0.15, -0.1) is 5.10 Å². The van der Waals surface area contributed by atoms with Crippen LogP contribution >= 0.6 is 23.4 Å². The summed E-state index contributed by atoms with van der Waals surface area (Å²) in [6.07, 6.45) is 0. The molecular formula is C17H16ClN5O3S2. The van der Waals surface area contributed by atoms with Gasteiger partial charge < -0.3 is 5.32 Å². The molecule has 2 aromatic carbocycles. The normalized spacial score (nSPS) is 12.5. The first-order valence-electron chi connectivity index (χ1n) is 8.01. The lowest BCUT2D eigenvalue weighted by Gasteiger charge is -2.10. The molecule has 8 nitrogen and oxygen atoms in total. The fourth-order valence-electron chi connectivity index (χ4n) is 2.22. The van der Waals surface area contributed by atoms with Crippen LogP contribution in [0.25, 0.3) is 11.4 Å². The van der Waals surface area contributed by atoms with Gasteiger partial charge in [-0.1, -0.05) is 23.4 Å². The highest BCUT2D eigenvalue weighted by Crippen LogP contribution is 2.24. The average Bonchev–Trinajstić information content (AvgIpc) is 3.10. The first-order chi connectivity index (χ1) is 13.2. The van der Waals surface area contributed by atoms with Crippen LogP contribution in [-0.2, 0) is 14.8 Å². The summed E-state index contributed by atoms with van der Waals surface area (Å²) in [6, 6.07) is 12.7. The minimum atomic E-state index is -3.77. The predicted octanol–water partition coefficient (Wildman–Crippen LogP) is 2.89. The highest BCUT2D eigenvalue weighted by molar-refractivity contribution is 8.00. The molecule has 0 bridgehead atoms. The second kappa shape index (κ2) is 8.31. The van der Waals surface area contributed by atoms with Crippen LogP contribution in [0, 0.1) is 0 Å². The molecule has 1 amide bonds. The molecule has 0 fully saturated rings. The van der Waals surface area contributed by atoms with E-state index in [9.17, 15) is 13.2 Å². The maximum absolute atomic E-state index is 12.4. The highest BCUT2D eigenvalue weighted by Gasteiger charge is 2.18. The predicted molar refractivity (Wildman–Crippen MR) is 109 cm³/mol. The Morgan fingerprint density at radius 3 is 2.43 bits per heavy atom. The summed E-state index contributed by atoms with van der Waals surface area (Å²) < 4.78 is 22.5. The average molecular weight is 438 g/mol. The second-order valence-electron chi connectivity index (χ2n) is 5.79. The molecule has 11 heteroatoms. The quantitative estimate of drug-likeness (QED) is 0.508. The molecule has 3 aromatic rings. The first-order valence-corrected chi connectivity index (χ1v) is 10.8. The Bertz CT molecular complexity index is 1080. The van der Waals surface area contributed by atoms with E-state index < -0.39 is 15.3 Å². The molecule has 0 spiro atoms. The van der Waals surface area contributed by atoms with Crippen molar-refractivity contribution in [2.24, 2.45) is 5.14 Å². The third-order valence-electron chi connectivity index (χ3n) is 3.68. The summed E-state index contributed by atoms with van der Waals surface area (Å²) in [5.74, 6) is 0.302. The van der Waals surface area contributed by atoms with Crippen LogP contribution in [0.3, 0.4) is 0 Å². The van der Waals surface area contributed by atoms with E-state index in [0.717, 1.165) is 5.56 Å². The van der Waals surface area contributed by atoms with Crippen molar-refractivity contribution in [1.29, 1.82) is 0 Å². The van der Waals surface area contributed by atoms with Gasteiger partial charge in [0.15, 0.2) is 5.82 Å². The summed E-state index contributed by atoms with van der Waals surface area (Å²) in [5.41, 5.74) is 1.29. The molecule has 146 valence electrons. The molecule has 1 heterocycles. The number of nitrogens with zero attached hydrogens (tertiary/aromatic N) is 2. The van der Waals surface area contributed by atoms with E-state index >= 15 is 0 Å². The van der Waals surface area contributed by atoms with Crippen LogP contribution in [0.4, 0.5) is 5.69 Å². The summed E-state index contributed by atoms with van der Waals surface area (Å²) in [7, 11) is -3.77. The standard InChI is InChI=1S/C17H16ClN5O3S2/c1-10(16(24)20-13-6-8-14(9-7-13)28(19,25)26)27-17-21-15(22-23-17)11-2-4-12(18)5-3-11/h2-10H,1H3,(H,20,24)(H2,19,25,26)(H,21,22,23). The number of hydrogen-bond donors (Lipinski definition) is 3. The Hall–Kier alpha value is -2.40. The number of anilines is 1. The second-order valence-corrected chi connectivity index (χ2v) is 9.10. The number of halogens is 1. The maximum Gasteiger partial charge on any atom is 0.238 e. The van der Waals surface area contributed by atoms with E-state index in [1.807, 2.05) is 12.1 Å². The van der Waals surface area contributed by atoms with E-state index in [4.69, 9.17) is 16.7 Å². The number of H-pyrrole nitrogens is 1. The number of carbonyl (C=O) groups is 1.